The number of imidazole rings is 1. The maximum Gasteiger partial charge on any atom is 0.312 e. The molecule has 1 aromatic carbocycles. The predicted octanol–water partition coefficient (Wildman–Crippen LogP) is 3.43. The van der Waals surface area contributed by atoms with Crippen molar-refractivity contribution >= 4 is 54.5 Å². The van der Waals surface area contributed by atoms with Gasteiger partial charge in [-0.2, -0.15) is 0 Å². The van der Waals surface area contributed by atoms with E-state index in [1.54, 1.807) is 0 Å². The number of anilines is 1. The molecule has 3 rings (SSSR count). The molecule has 0 aliphatic carbocycles. The third kappa shape index (κ3) is 2.50. The van der Waals surface area contributed by atoms with Gasteiger partial charge in [0.1, 0.15) is 4.47 Å². The molecule has 0 saturated carbocycles. The maximum atomic E-state index is 11.4. The fraction of sp³-hybridized carbons (Fsp3) is 0.462. The molecular formula is C13H15Br2N5O2. The van der Waals surface area contributed by atoms with Crippen molar-refractivity contribution in [3.8, 4) is 0 Å². The number of fused-ring (bicyclic) bond motifs is 1. The molecule has 0 amide bonds. The normalized spacial score (nSPS) is 15.3. The van der Waals surface area contributed by atoms with Crippen molar-refractivity contribution in [2.75, 3.05) is 18.4 Å². The summed E-state index contributed by atoms with van der Waals surface area (Å²) in [4.78, 5) is 15.6. The summed E-state index contributed by atoms with van der Waals surface area (Å²) >= 11 is 6.66. The van der Waals surface area contributed by atoms with Crippen molar-refractivity contribution in [2.45, 2.75) is 25.9 Å². The van der Waals surface area contributed by atoms with Crippen LogP contribution in [0.15, 0.2) is 15.0 Å². The molecule has 1 fully saturated rings. The van der Waals surface area contributed by atoms with Crippen molar-refractivity contribution in [1.29, 1.82) is 0 Å². The van der Waals surface area contributed by atoms with Gasteiger partial charge in [0.25, 0.3) is 0 Å². The second-order valence-corrected chi connectivity index (χ2v) is 7.19. The minimum Gasteiger partial charge on any atom is -0.350 e. The molecule has 0 unspecified atom stereocenters. The van der Waals surface area contributed by atoms with Crippen LogP contribution in [0, 0.1) is 10.1 Å². The molecule has 1 saturated heterocycles. The number of hydrogen-bond acceptors (Lipinski definition) is 5. The van der Waals surface area contributed by atoms with E-state index >= 15 is 0 Å². The number of hydrogen-bond donors (Lipinski definition) is 2. The van der Waals surface area contributed by atoms with Crippen LogP contribution in [-0.4, -0.2) is 33.6 Å². The fourth-order valence-electron chi connectivity index (χ4n) is 2.52. The molecule has 2 aromatic rings. The van der Waals surface area contributed by atoms with Gasteiger partial charge in [-0.15, -0.1) is 0 Å². The van der Waals surface area contributed by atoms with Gasteiger partial charge in [0, 0.05) is 23.6 Å². The molecule has 22 heavy (non-hydrogen) atoms. The van der Waals surface area contributed by atoms with E-state index in [-0.39, 0.29) is 11.7 Å². The van der Waals surface area contributed by atoms with Gasteiger partial charge in [-0.25, -0.2) is 4.98 Å². The van der Waals surface area contributed by atoms with Crippen LogP contribution in [-0.2, 0) is 0 Å². The van der Waals surface area contributed by atoms with Crippen LogP contribution >= 0.6 is 31.9 Å². The van der Waals surface area contributed by atoms with E-state index in [1.165, 1.54) is 0 Å². The molecule has 1 aromatic heterocycles. The first-order chi connectivity index (χ1) is 10.4. The number of nitro benzene ring substituents is 1. The lowest BCUT2D eigenvalue weighted by molar-refractivity contribution is -0.384. The molecular weight excluding hydrogens is 418 g/mol. The minimum atomic E-state index is -0.399. The average molecular weight is 433 g/mol. The van der Waals surface area contributed by atoms with Gasteiger partial charge in [0.2, 0.25) is 5.95 Å². The largest absolute Gasteiger partial charge is 0.350 e. The van der Waals surface area contributed by atoms with Gasteiger partial charge >= 0.3 is 5.69 Å². The summed E-state index contributed by atoms with van der Waals surface area (Å²) in [7, 11) is 0. The Bertz CT molecular complexity index is 755. The van der Waals surface area contributed by atoms with E-state index in [4.69, 9.17) is 0 Å². The lowest BCUT2D eigenvalue weighted by atomic mass is 10.2. The van der Waals surface area contributed by atoms with E-state index in [2.05, 4.69) is 47.5 Å². The Morgan fingerprint density at radius 3 is 2.68 bits per heavy atom. The van der Waals surface area contributed by atoms with Crippen LogP contribution in [0.3, 0.4) is 0 Å². The third-order valence-corrected chi connectivity index (χ3v) is 5.63. The molecule has 0 radical (unpaired) electrons. The van der Waals surface area contributed by atoms with E-state index in [9.17, 15) is 10.1 Å². The molecule has 2 N–H and O–H groups in total. The fourth-order valence-corrected chi connectivity index (χ4v) is 3.37. The lowest BCUT2D eigenvalue weighted by Gasteiger charge is -2.29. The smallest absolute Gasteiger partial charge is 0.312 e. The number of nitro groups is 1. The van der Waals surface area contributed by atoms with Gasteiger partial charge in [-0.1, -0.05) is 0 Å². The second kappa shape index (κ2) is 5.78. The zero-order valence-electron chi connectivity index (χ0n) is 12.1. The molecule has 1 aliphatic rings. The third-order valence-electron chi connectivity index (χ3n) is 3.67. The molecule has 0 spiro atoms. The van der Waals surface area contributed by atoms with Crippen LogP contribution in [0.2, 0.25) is 0 Å². The summed E-state index contributed by atoms with van der Waals surface area (Å²) in [6, 6.07) is 2.30. The van der Waals surface area contributed by atoms with Crippen molar-refractivity contribution in [1.82, 2.24) is 14.9 Å². The summed E-state index contributed by atoms with van der Waals surface area (Å²) < 4.78 is 3.05. The first-order valence-corrected chi connectivity index (χ1v) is 8.50. The Kier molecular flexibility index (Phi) is 4.13. The zero-order chi connectivity index (χ0) is 16.0. The highest BCUT2D eigenvalue weighted by Gasteiger charge is 2.28. The molecule has 2 heterocycles. The quantitative estimate of drug-likeness (QED) is 0.571. The lowest BCUT2D eigenvalue weighted by Crippen LogP contribution is -2.51. The molecule has 9 heteroatoms. The van der Waals surface area contributed by atoms with E-state index in [1.807, 2.05) is 24.5 Å². The second-order valence-electron chi connectivity index (χ2n) is 5.54. The molecule has 118 valence electrons. The monoisotopic (exact) mass is 431 g/mol. The Labute approximate surface area is 143 Å². The number of nitrogens with one attached hydrogen (secondary N) is 2. The van der Waals surface area contributed by atoms with E-state index < -0.39 is 4.92 Å². The zero-order valence-corrected chi connectivity index (χ0v) is 15.2. The van der Waals surface area contributed by atoms with Gasteiger partial charge in [-0.3, -0.25) is 10.1 Å². The number of benzene rings is 1. The van der Waals surface area contributed by atoms with Crippen molar-refractivity contribution in [3.63, 3.8) is 0 Å². The van der Waals surface area contributed by atoms with Crippen molar-refractivity contribution in [3.05, 3.63) is 25.1 Å². The summed E-state index contributed by atoms with van der Waals surface area (Å²) in [6.45, 7) is 5.81. The van der Waals surface area contributed by atoms with E-state index in [0.717, 1.165) is 18.6 Å². The van der Waals surface area contributed by atoms with Crippen molar-refractivity contribution in [2.24, 2.45) is 0 Å². The Hall–Kier alpha value is -1.19. The van der Waals surface area contributed by atoms with Crippen LogP contribution in [0.1, 0.15) is 19.9 Å². The summed E-state index contributed by atoms with van der Waals surface area (Å²) in [6.07, 6.45) is 0. The topological polar surface area (TPSA) is 85.0 Å². The number of rotatable bonds is 4. The minimum absolute atomic E-state index is 0.0152. The van der Waals surface area contributed by atoms with Gasteiger partial charge in [0.05, 0.1) is 16.5 Å². The number of aromatic nitrogens is 2. The highest BCUT2D eigenvalue weighted by Crippen LogP contribution is 2.40. The van der Waals surface area contributed by atoms with Gasteiger partial charge in [0.15, 0.2) is 5.52 Å². The number of nitrogens with zero attached hydrogens (tertiary/aromatic N) is 3. The molecule has 7 nitrogen and oxygen atoms in total. The van der Waals surface area contributed by atoms with Crippen LogP contribution < -0.4 is 10.6 Å². The standard InChI is InChI=1S/C13H15Br2N5O2/c1-6(2)19-9-3-8(14)10(15)12(20(21)22)11(9)18-13(19)17-7-4-16-5-7/h3,6-7,16H,4-5H2,1-2H3,(H,17,18). The summed E-state index contributed by atoms with van der Waals surface area (Å²) in [5.74, 6) is 0.671. The maximum absolute atomic E-state index is 11.4. The first kappa shape index (κ1) is 15.7. The van der Waals surface area contributed by atoms with Crippen LogP contribution in [0.25, 0.3) is 11.0 Å². The summed E-state index contributed by atoms with van der Waals surface area (Å²) in [5, 5.41) is 18.0. The Morgan fingerprint density at radius 1 is 1.50 bits per heavy atom. The van der Waals surface area contributed by atoms with Crippen LogP contribution in [0.5, 0.6) is 0 Å². The average Bonchev–Trinajstić information content (AvgIpc) is 2.72. The Morgan fingerprint density at radius 2 is 2.18 bits per heavy atom. The first-order valence-electron chi connectivity index (χ1n) is 6.91. The highest BCUT2D eigenvalue weighted by atomic mass is 79.9. The van der Waals surface area contributed by atoms with Gasteiger partial charge < -0.3 is 15.2 Å². The van der Waals surface area contributed by atoms with Crippen LogP contribution in [0.4, 0.5) is 11.6 Å². The molecule has 1 aliphatic heterocycles. The van der Waals surface area contributed by atoms with Gasteiger partial charge in [-0.05, 0) is 51.8 Å². The molecule has 0 atom stereocenters. The SMILES string of the molecule is CC(C)n1c(NC2CNC2)nc2c([N+](=O)[O-])c(Br)c(Br)cc21. The highest BCUT2D eigenvalue weighted by molar-refractivity contribution is 9.13. The Balaban J connectivity index is 2.25. The molecule has 0 bridgehead atoms. The predicted molar refractivity (Wildman–Crippen MR) is 92.5 cm³/mol. The summed E-state index contributed by atoms with van der Waals surface area (Å²) in [5.41, 5.74) is 1.12. The number of halogens is 2. The van der Waals surface area contributed by atoms with Crippen molar-refractivity contribution < 1.29 is 4.92 Å². The van der Waals surface area contributed by atoms with E-state index in [0.29, 0.717) is 26.5 Å².